The molecule has 1 fully saturated rings. The third kappa shape index (κ3) is 3.22. The lowest BCUT2D eigenvalue weighted by Gasteiger charge is -2.33. The van der Waals surface area contributed by atoms with Crippen LogP contribution in [0.15, 0.2) is 0 Å². The topological polar surface area (TPSA) is 154 Å². The van der Waals surface area contributed by atoms with Crippen LogP contribution in [-0.2, 0) is 18.6 Å². The van der Waals surface area contributed by atoms with Crippen molar-refractivity contribution in [1.29, 1.82) is 0 Å². The predicted octanol–water partition coefficient (Wildman–Crippen LogP) is -2.90. The number of phosphoric acid groups is 1. The van der Waals surface area contributed by atoms with Crippen molar-refractivity contribution in [2.24, 2.45) is 0 Å². The normalized spacial score (nSPS) is 35.9. The molecule has 0 bridgehead atoms. The maximum absolute atomic E-state index is 10.9. The molecule has 0 aromatic rings. The second-order valence-electron chi connectivity index (χ2n) is 3.19. The average Bonchev–Trinajstić information content (AvgIpc) is 2.17. The van der Waals surface area contributed by atoms with E-state index in [9.17, 15) is 14.5 Å². The molecule has 9 nitrogen and oxygen atoms in total. The van der Waals surface area contributed by atoms with Gasteiger partial charge in [-0.3, -0.25) is 4.52 Å². The SMILES string of the molecule is O=C1O[C@H](COP(=O)(O)O)[C@@H](O)[C@@H](O)[C@@H]1O. The molecule has 0 aromatic heterocycles. The van der Waals surface area contributed by atoms with Crippen LogP contribution in [0, 0.1) is 0 Å². The largest absolute Gasteiger partial charge is 0.469 e. The number of rotatable bonds is 3. The van der Waals surface area contributed by atoms with Gasteiger partial charge in [0.15, 0.2) is 12.2 Å². The van der Waals surface area contributed by atoms with Gasteiger partial charge in [-0.15, -0.1) is 0 Å². The van der Waals surface area contributed by atoms with Crippen LogP contribution in [0.4, 0.5) is 0 Å². The zero-order chi connectivity index (χ0) is 12.5. The minimum absolute atomic E-state index is 0.791. The molecule has 1 rings (SSSR count). The van der Waals surface area contributed by atoms with Crippen molar-refractivity contribution in [3.8, 4) is 0 Å². The lowest BCUT2D eigenvalue weighted by atomic mass is 10.0. The summed E-state index contributed by atoms with van der Waals surface area (Å²) in [7, 11) is -4.76. The first kappa shape index (κ1) is 13.5. The number of aliphatic hydroxyl groups excluding tert-OH is 3. The van der Waals surface area contributed by atoms with E-state index in [4.69, 9.17) is 20.0 Å². The number of ether oxygens (including phenoxy) is 1. The molecule has 1 aliphatic heterocycles. The molecule has 4 atom stereocenters. The molecule has 10 heteroatoms. The van der Waals surface area contributed by atoms with Crippen LogP contribution in [-0.4, -0.2) is 62.1 Å². The second-order valence-corrected chi connectivity index (χ2v) is 4.43. The molecule has 5 N–H and O–H groups in total. The summed E-state index contributed by atoms with van der Waals surface area (Å²) >= 11 is 0. The highest BCUT2D eigenvalue weighted by Crippen LogP contribution is 2.36. The van der Waals surface area contributed by atoms with Gasteiger partial charge in [0.1, 0.15) is 12.2 Å². The van der Waals surface area contributed by atoms with E-state index in [0.29, 0.717) is 0 Å². The van der Waals surface area contributed by atoms with Gasteiger partial charge >= 0.3 is 13.8 Å². The van der Waals surface area contributed by atoms with E-state index in [0.717, 1.165) is 0 Å². The van der Waals surface area contributed by atoms with E-state index < -0.39 is 44.8 Å². The fourth-order valence-corrected chi connectivity index (χ4v) is 1.48. The summed E-state index contributed by atoms with van der Waals surface area (Å²) in [4.78, 5) is 27.6. The van der Waals surface area contributed by atoms with Gasteiger partial charge in [-0.05, 0) is 0 Å². The Morgan fingerprint density at radius 3 is 2.31 bits per heavy atom. The monoisotopic (exact) mass is 258 g/mol. The molecule has 0 unspecified atom stereocenters. The molecule has 0 saturated carbocycles. The number of carbonyl (C=O) groups excluding carboxylic acids is 1. The van der Waals surface area contributed by atoms with Crippen LogP contribution in [0.5, 0.6) is 0 Å². The number of cyclic esters (lactones) is 1. The Kier molecular flexibility index (Phi) is 4.02. The molecular weight excluding hydrogens is 247 g/mol. The molecule has 0 amide bonds. The lowest BCUT2D eigenvalue weighted by Crippen LogP contribution is -2.56. The van der Waals surface area contributed by atoms with Crippen LogP contribution in [0.1, 0.15) is 0 Å². The van der Waals surface area contributed by atoms with Crippen molar-refractivity contribution in [3.05, 3.63) is 0 Å². The predicted molar refractivity (Wildman–Crippen MR) is 45.9 cm³/mol. The standard InChI is InChI=1S/C6H11O9P/c7-3-2(1-14-16(11,12)13)15-6(10)5(9)4(3)8/h2-5,7-9H,1H2,(H2,11,12,13)/t2-,3-,4-,5+/m1/s1. The smallest absolute Gasteiger partial charge is 0.455 e. The first-order chi connectivity index (χ1) is 7.22. The summed E-state index contributed by atoms with van der Waals surface area (Å²) in [5.41, 5.74) is 0. The number of hydrogen-bond donors (Lipinski definition) is 5. The minimum Gasteiger partial charge on any atom is -0.455 e. The maximum Gasteiger partial charge on any atom is 0.469 e. The first-order valence-corrected chi connectivity index (χ1v) is 5.70. The summed E-state index contributed by atoms with van der Waals surface area (Å²) in [5.74, 6) is -1.20. The summed E-state index contributed by atoms with van der Waals surface area (Å²) in [6.07, 6.45) is -6.80. The number of aliphatic hydroxyl groups is 3. The van der Waals surface area contributed by atoms with E-state index in [1.54, 1.807) is 0 Å². The van der Waals surface area contributed by atoms with Crippen molar-refractivity contribution in [2.75, 3.05) is 6.61 Å². The quantitative estimate of drug-likeness (QED) is 0.265. The fraction of sp³-hybridized carbons (Fsp3) is 0.833. The van der Waals surface area contributed by atoms with Crippen molar-refractivity contribution in [3.63, 3.8) is 0 Å². The molecule has 0 spiro atoms. The van der Waals surface area contributed by atoms with Crippen LogP contribution < -0.4 is 0 Å². The van der Waals surface area contributed by atoms with E-state index in [-0.39, 0.29) is 0 Å². The lowest BCUT2D eigenvalue weighted by molar-refractivity contribution is -0.206. The molecule has 94 valence electrons. The fourth-order valence-electron chi connectivity index (χ4n) is 1.14. The summed E-state index contributed by atoms with van der Waals surface area (Å²) in [5, 5.41) is 27.5. The Labute approximate surface area is 89.5 Å². The van der Waals surface area contributed by atoms with E-state index in [2.05, 4.69) is 9.26 Å². The molecule has 0 radical (unpaired) electrons. The van der Waals surface area contributed by atoms with Crippen LogP contribution in [0.3, 0.4) is 0 Å². The molecule has 16 heavy (non-hydrogen) atoms. The van der Waals surface area contributed by atoms with Crippen LogP contribution in [0.2, 0.25) is 0 Å². The number of phosphoric ester groups is 1. The molecule has 1 saturated heterocycles. The van der Waals surface area contributed by atoms with E-state index in [1.165, 1.54) is 0 Å². The van der Waals surface area contributed by atoms with Crippen molar-refractivity contribution in [1.82, 2.24) is 0 Å². The van der Waals surface area contributed by atoms with Crippen molar-refractivity contribution < 1.29 is 43.7 Å². The first-order valence-electron chi connectivity index (χ1n) is 4.17. The van der Waals surface area contributed by atoms with Gasteiger partial charge < -0.3 is 29.8 Å². The molecule has 1 aliphatic rings. The van der Waals surface area contributed by atoms with Crippen molar-refractivity contribution >= 4 is 13.8 Å². The highest BCUT2D eigenvalue weighted by molar-refractivity contribution is 7.46. The van der Waals surface area contributed by atoms with Crippen molar-refractivity contribution in [2.45, 2.75) is 24.4 Å². The number of hydrogen-bond acceptors (Lipinski definition) is 7. The Hall–Kier alpha value is -0.540. The highest BCUT2D eigenvalue weighted by Gasteiger charge is 2.44. The average molecular weight is 258 g/mol. The second kappa shape index (κ2) is 4.76. The van der Waals surface area contributed by atoms with Gasteiger partial charge in [-0.1, -0.05) is 0 Å². The molecular formula is C6H11O9P. The van der Waals surface area contributed by atoms with Gasteiger partial charge in [0.25, 0.3) is 0 Å². The Morgan fingerprint density at radius 2 is 1.81 bits per heavy atom. The third-order valence-electron chi connectivity index (χ3n) is 1.97. The minimum atomic E-state index is -4.76. The molecule has 0 aromatic carbocycles. The summed E-state index contributed by atoms with van der Waals surface area (Å²) < 4.78 is 18.8. The Morgan fingerprint density at radius 1 is 1.25 bits per heavy atom. The van der Waals surface area contributed by atoms with Gasteiger partial charge in [0.2, 0.25) is 0 Å². The third-order valence-corrected chi connectivity index (χ3v) is 2.46. The van der Waals surface area contributed by atoms with Gasteiger partial charge in [0.05, 0.1) is 6.61 Å². The Balaban J connectivity index is 2.61. The molecule has 1 heterocycles. The molecule has 0 aliphatic carbocycles. The van der Waals surface area contributed by atoms with E-state index >= 15 is 0 Å². The number of carbonyl (C=O) groups is 1. The van der Waals surface area contributed by atoms with Gasteiger partial charge in [-0.25, -0.2) is 9.36 Å². The zero-order valence-corrected chi connectivity index (χ0v) is 8.73. The zero-order valence-electron chi connectivity index (χ0n) is 7.83. The highest BCUT2D eigenvalue weighted by atomic mass is 31.2. The summed E-state index contributed by atoms with van der Waals surface area (Å²) in [6.45, 7) is -0.791. The Bertz CT molecular complexity index is 311. The maximum atomic E-state index is 10.9. The number of esters is 1. The van der Waals surface area contributed by atoms with Crippen LogP contribution >= 0.6 is 7.82 Å². The van der Waals surface area contributed by atoms with Gasteiger partial charge in [-0.2, -0.15) is 0 Å². The van der Waals surface area contributed by atoms with E-state index in [1.807, 2.05) is 0 Å². The van der Waals surface area contributed by atoms with Gasteiger partial charge in [0, 0.05) is 0 Å². The summed E-state index contributed by atoms with van der Waals surface area (Å²) in [6, 6.07) is 0. The van der Waals surface area contributed by atoms with Crippen LogP contribution in [0.25, 0.3) is 0 Å².